The first-order valence-electron chi connectivity index (χ1n) is 10.4. The maximum absolute atomic E-state index is 12.3. The minimum absolute atomic E-state index is 0.0189. The van der Waals surface area contributed by atoms with Gasteiger partial charge in [0.15, 0.2) is 5.78 Å². The summed E-state index contributed by atoms with van der Waals surface area (Å²) in [5, 5.41) is 20.9. The Morgan fingerprint density at radius 2 is 2.06 bits per heavy atom. The number of nitrogens with zero attached hydrogens (tertiary/aromatic N) is 4. The van der Waals surface area contributed by atoms with Crippen molar-refractivity contribution in [3.63, 3.8) is 0 Å². The number of anilines is 1. The van der Waals surface area contributed by atoms with Gasteiger partial charge in [-0.3, -0.25) is 14.2 Å². The van der Waals surface area contributed by atoms with Crippen molar-refractivity contribution in [1.29, 1.82) is 0 Å². The SMILES string of the molecule is O=C(CCc1cn(-c2ccc(-n3ccccc3=O)cc2NCCCO)nn1)c1ccc(Cl)s1. The lowest BCUT2D eigenvalue weighted by molar-refractivity contribution is 0.0986. The van der Waals surface area contributed by atoms with E-state index >= 15 is 0 Å². The number of hydrogen-bond donors (Lipinski definition) is 2. The lowest BCUT2D eigenvalue weighted by Crippen LogP contribution is -2.16. The van der Waals surface area contributed by atoms with E-state index < -0.39 is 0 Å². The molecule has 3 aromatic heterocycles. The van der Waals surface area contributed by atoms with Gasteiger partial charge in [0, 0.05) is 38.3 Å². The molecule has 0 aliphatic rings. The molecule has 0 fully saturated rings. The standard InChI is InChI=1S/C23H22ClN5O3S/c24-22-10-9-21(33-22)20(31)8-5-16-15-29(27-26-16)19-7-6-17(14-18(19)25-11-3-13-30)28-12-2-1-4-23(28)32/h1-2,4,6-7,9-10,12,14-15,25,30H,3,5,8,11,13H2. The first kappa shape index (κ1) is 22.9. The highest BCUT2D eigenvalue weighted by atomic mass is 35.5. The van der Waals surface area contributed by atoms with Gasteiger partial charge in [0.1, 0.15) is 0 Å². The molecule has 0 aliphatic carbocycles. The van der Waals surface area contributed by atoms with Gasteiger partial charge in [0.05, 0.1) is 38.2 Å². The minimum Gasteiger partial charge on any atom is -0.396 e. The number of benzene rings is 1. The van der Waals surface area contributed by atoms with Crippen LogP contribution in [0, 0.1) is 0 Å². The summed E-state index contributed by atoms with van der Waals surface area (Å²) in [5.41, 5.74) is 2.76. The molecule has 2 N–H and O–H groups in total. The zero-order chi connectivity index (χ0) is 23.2. The fourth-order valence-electron chi connectivity index (χ4n) is 3.32. The van der Waals surface area contributed by atoms with Crippen molar-refractivity contribution in [2.75, 3.05) is 18.5 Å². The molecule has 0 radical (unpaired) electrons. The highest BCUT2D eigenvalue weighted by Gasteiger charge is 2.13. The Hall–Kier alpha value is -3.27. The number of carbonyl (C=O) groups is 1. The Bertz CT molecular complexity index is 1310. The Labute approximate surface area is 199 Å². The van der Waals surface area contributed by atoms with Crippen LogP contribution < -0.4 is 10.9 Å². The molecule has 0 unspecified atom stereocenters. The van der Waals surface area contributed by atoms with Gasteiger partial charge in [-0.1, -0.05) is 22.9 Å². The number of aryl methyl sites for hydroxylation is 1. The molecule has 33 heavy (non-hydrogen) atoms. The number of rotatable bonds is 10. The number of thiophene rings is 1. The van der Waals surface area contributed by atoms with Gasteiger partial charge in [0.2, 0.25) is 0 Å². The molecule has 170 valence electrons. The third-order valence-corrected chi connectivity index (χ3v) is 6.25. The second-order valence-corrected chi connectivity index (χ2v) is 9.01. The molecule has 0 amide bonds. The molecule has 0 atom stereocenters. The van der Waals surface area contributed by atoms with Gasteiger partial charge in [-0.2, -0.15) is 0 Å². The first-order valence-corrected chi connectivity index (χ1v) is 11.6. The highest BCUT2D eigenvalue weighted by Crippen LogP contribution is 2.25. The number of ketones is 1. The van der Waals surface area contributed by atoms with Gasteiger partial charge in [0.25, 0.3) is 5.56 Å². The summed E-state index contributed by atoms with van der Waals surface area (Å²) >= 11 is 7.18. The maximum Gasteiger partial charge on any atom is 0.255 e. The zero-order valence-corrected chi connectivity index (χ0v) is 19.2. The smallest absolute Gasteiger partial charge is 0.255 e. The number of aliphatic hydroxyl groups excluding tert-OH is 1. The molecule has 0 saturated carbocycles. The number of pyridine rings is 1. The Kier molecular flexibility index (Phi) is 7.33. The summed E-state index contributed by atoms with van der Waals surface area (Å²) in [5.74, 6) is 0.0189. The predicted octanol–water partition coefficient (Wildman–Crippen LogP) is 3.74. The van der Waals surface area contributed by atoms with E-state index in [0.29, 0.717) is 46.4 Å². The minimum atomic E-state index is -0.133. The van der Waals surface area contributed by atoms with Crippen LogP contribution in [0.4, 0.5) is 5.69 Å². The number of hydrogen-bond acceptors (Lipinski definition) is 7. The van der Waals surface area contributed by atoms with Crippen molar-refractivity contribution in [2.45, 2.75) is 19.3 Å². The summed E-state index contributed by atoms with van der Waals surface area (Å²) in [4.78, 5) is 25.2. The van der Waals surface area contributed by atoms with Crippen LogP contribution in [-0.4, -0.2) is 43.6 Å². The molecule has 0 spiro atoms. The zero-order valence-electron chi connectivity index (χ0n) is 17.6. The number of carbonyl (C=O) groups excluding carboxylic acids is 1. The third-order valence-electron chi connectivity index (χ3n) is 4.98. The first-order chi connectivity index (χ1) is 16.0. The van der Waals surface area contributed by atoms with Crippen molar-refractivity contribution < 1.29 is 9.90 Å². The van der Waals surface area contributed by atoms with Crippen LogP contribution in [0.3, 0.4) is 0 Å². The van der Waals surface area contributed by atoms with E-state index in [4.69, 9.17) is 16.7 Å². The van der Waals surface area contributed by atoms with Gasteiger partial charge in [-0.15, -0.1) is 16.4 Å². The number of Topliss-reactive ketones (excluding diaryl/α,β-unsaturated/α-hetero) is 1. The fourth-order valence-corrected chi connectivity index (χ4v) is 4.33. The van der Waals surface area contributed by atoms with Crippen molar-refractivity contribution in [3.8, 4) is 11.4 Å². The predicted molar refractivity (Wildman–Crippen MR) is 129 cm³/mol. The molecular formula is C23H22ClN5O3S. The van der Waals surface area contributed by atoms with E-state index in [1.54, 1.807) is 45.9 Å². The Balaban J connectivity index is 1.56. The van der Waals surface area contributed by atoms with E-state index in [9.17, 15) is 9.59 Å². The van der Waals surface area contributed by atoms with Crippen LogP contribution in [-0.2, 0) is 6.42 Å². The molecule has 0 bridgehead atoms. The number of aromatic nitrogens is 4. The average Bonchev–Trinajstić information content (AvgIpc) is 3.47. The quantitative estimate of drug-likeness (QED) is 0.263. The highest BCUT2D eigenvalue weighted by molar-refractivity contribution is 7.18. The van der Waals surface area contributed by atoms with E-state index in [0.717, 1.165) is 11.4 Å². The fraction of sp³-hybridized carbons (Fsp3) is 0.217. The summed E-state index contributed by atoms with van der Waals surface area (Å²) in [7, 11) is 0. The molecular weight excluding hydrogens is 462 g/mol. The van der Waals surface area contributed by atoms with Crippen LogP contribution in [0.25, 0.3) is 11.4 Å². The molecule has 3 heterocycles. The average molecular weight is 484 g/mol. The van der Waals surface area contributed by atoms with Crippen molar-refractivity contribution in [3.05, 3.63) is 86.2 Å². The third kappa shape index (κ3) is 5.57. The Morgan fingerprint density at radius 1 is 1.18 bits per heavy atom. The van der Waals surface area contributed by atoms with Crippen molar-refractivity contribution in [1.82, 2.24) is 19.6 Å². The van der Waals surface area contributed by atoms with Crippen molar-refractivity contribution in [2.24, 2.45) is 0 Å². The molecule has 8 nitrogen and oxygen atoms in total. The lowest BCUT2D eigenvalue weighted by atomic mass is 10.1. The molecule has 4 aromatic rings. The van der Waals surface area contributed by atoms with Crippen LogP contribution >= 0.6 is 22.9 Å². The van der Waals surface area contributed by atoms with Gasteiger partial charge in [-0.05, 0) is 42.8 Å². The number of aliphatic hydroxyl groups is 1. The largest absolute Gasteiger partial charge is 0.396 e. The summed E-state index contributed by atoms with van der Waals surface area (Å²) in [6.45, 7) is 0.618. The topological polar surface area (TPSA) is 102 Å². The molecule has 4 rings (SSSR count). The van der Waals surface area contributed by atoms with Gasteiger partial charge in [-0.25, -0.2) is 4.68 Å². The molecule has 0 saturated heterocycles. The summed E-state index contributed by atoms with van der Waals surface area (Å²) in [6.07, 6.45) is 4.84. The normalized spacial score (nSPS) is 11.0. The summed E-state index contributed by atoms with van der Waals surface area (Å²) in [6, 6.07) is 14.0. The Morgan fingerprint density at radius 3 is 2.82 bits per heavy atom. The number of nitrogens with one attached hydrogen (secondary N) is 1. The molecule has 10 heteroatoms. The van der Waals surface area contributed by atoms with Gasteiger partial charge < -0.3 is 10.4 Å². The van der Waals surface area contributed by atoms with Crippen LogP contribution in [0.1, 0.15) is 28.2 Å². The van der Waals surface area contributed by atoms with E-state index in [-0.39, 0.29) is 17.9 Å². The van der Waals surface area contributed by atoms with E-state index in [1.165, 1.54) is 17.4 Å². The second-order valence-electron chi connectivity index (χ2n) is 7.30. The van der Waals surface area contributed by atoms with E-state index in [2.05, 4.69) is 15.6 Å². The van der Waals surface area contributed by atoms with Crippen LogP contribution in [0.5, 0.6) is 0 Å². The second kappa shape index (κ2) is 10.6. The molecule has 0 aliphatic heterocycles. The monoisotopic (exact) mass is 483 g/mol. The summed E-state index contributed by atoms with van der Waals surface area (Å²) < 4.78 is 3.78. The van der Waals surface area contributed by atoms with Crippen LogP contribution in [0.15, 0.2) is 65.7 Å². The lowest BCUT2D eigenvalue weighted by Gasteiger charge is -2.14. The molecule has 1 aromatic carbocycles. The van der Waals surface area contributed by atoms with Crippen LogP contribution in [0.2, 0.25) is 4.34 Å². The van der Waals surface area contributed by atoms with E-state index in [1.807, 2.05) is 18.2 Å². The number of halogens is 1. The van der Waals surface area contributed by atoms with Crippen molar-refractivity contribution >= 4 is 34.4 Å². The van der Waals surface area contributed by atoms with Gasteiger partial charge >= 0.3 is 0 Å². The maximum atomic E-state index is 12.3.